The van der Waals surface area contributed by atoms with Crippen LogP contribution in [0.1, 0.15) is 37.0 Å². The molecule has 0 aliphatic carbocycles. The molecule has 0 radical (unpaired) electrons. The van der Waals surface area contributed by atoms with Gasteiger partial charge in [0.2, 0.25) is 0 Å². The Balaban J connectivity index is 1.94. The van der Waals surface area contributed by atoms with E-state index in [0.717, 1.165) is 19.0 Å². The summed E-state index contributed by atoms with van der Waals surface area (Å²) in [5.41, 5.74) is -1.22. The summed E-state index contributed by atoms with van der Waals surface area (Å²) in [4.78, 5) is 39.5. The number of amides is 1. The molecule has 2 rings (SSSR count). The smallest absolute Gasteiger partial charge is 0.328 e. The van der Waals surface area contributed by atoms with E-state index >= 15 is 0 Å². The van der Waals surface area contributed by atoms with E-state index in [4.69, 9.17) is 0 Å². The van der Waals surface area contributed by atoms with Crippen molar-refractivity contribution in [1.29, 1.82) is 0 Å². The molecule has 7 heteroatoms. The van der Waals surface area contributed by atoms with E-state index in [-0.39, 0.29) is 11.6 Å². The maximum atomic E-state index is 12.1. The molecule has 1 aromatic heterocycles. The van der Waals surface area contributed by atoms with Crippen LogP contribution >= 0.6 is 0 Å². The lowest BCUT2D eigenvalue weighted by Crippen LogP contribution is -2.46. The number of nitrogens with one attached hydrogen (secondary N) is 2. The Kier molecular flexibility index (Phi) is 5.18. The van der Waals surface area contributed by atoms with E-state index in [1.807, 2.05) is 0 Å². The van der Waals surface area contributed by atoms with Gasteiger partial charge in [0.05, 0.1) is 0 Å². The lowest BCUT2D eigenvalue weighted by atomic mass is 9.98. The van der Waals surface area contributed by atoms with Gasteiger partial charge in [-0.3, -0.25) is 19.5 Å². The molecule has 1 unspecified atom stereocenters. The van der Waals surface area contributed by atoms with Gasteiger partial charge in [0, 0.05) is 25.8 Å². The fourth-order valence-corrected chi connectivity index (χ4v) is 2.66. The van der Waals surface area contributed by atoms with Gasteiger partial charge in [0.1, 0.15) is 5.56 Å². The van der Waals surface area contributed by atoms with Crippen LogP contribution in [0.4, 0.5) is 0 Å². The van der Waals surface area contributed by atoms with Crippen LogP contribution in [0.3, 0.4) is 0 Å². The van der Waals surface area contributed by atoms with Crippen molar-refractivity contribution in [2.24, 2.45) is 13.0 Å². The molecule has 1 fully saturated rings. The number of nitrogens with zero attached hydrogens (tertiary/aromatic N) is 2. The van der Waals surface area contributed by atoms with Gasteiger partial charge in [-0.1, -0.05) is 6.92 Å². The fourth-order valence-electron chi connectivity index (χ4n) is 2.66. The first-order chi connectivity index (χ1) is 10.4. The van der Waals surface area contributed by atoms with Gasteiger partial charge in [-0.05, 0) is 38.8 Å². The molecule has 0 saturated carbocycles. The zero-order valence-corrected chi connectivity index (χ0v) is 13.4. The van der Waals surface area contributed by atoms with Crippen LogP contribution in [0.25, 0.3) is 0 Å². The van der Waals surface area contributed by atoms with Crippen molar-refractivity contribution in [2.45, 2.75) is 32.7 Å². The number of aryl methyl sites for hydroxylation is 1. The minimum absolute atomic E-state index is 0.0402. The highest BCUT2D eigenvalue weighted by Crippen LogP contribution is 2.17. The number of aromatic nitrogens is 2. The average molecular weight is 308 g/mol. The third-order valence-corrected chi connectivity index (χ3v) is 4.35. The molecule has 1 saturated heterocycles. The van der Waals surface area contributed by atoms with Crippen LogP contribution in [0.15, 0.2) is 15.8 Å². The molecule has 7 nitrogen and oxygen atoms in total. The van der Waals surface area contributed by atoms with Gasteiger partial charge >= 0.3 is 5.69 Å². The highest BCUT2D eigenvalue weighted by molar-refractivity contribution is 5.93. The van der Waals surface area contributed by atoms with Crippen molar-refractivity contribution in [3.8, 4) is 0 Å². The SMILES string of the molecule is CC1CCN(C(C)CNC(=O)c2cn(C)c(=O)[nH]c2=O)CC1. The number of H-pyrrole nitrogens is 1. The van der Waals surface area contributed by atoms with Gasteiger partial charge in [0.25, 0.3) is 11.5 Å². The Bertz CT molecular complexity index is 641. The first kappa shape index (κ1) is 16.5. The van der Waals surface area contributed by atoms with Crippen molar-refractivity contribution in [3.05, 3.63) is 32.6 Å². The number of hydrogen-bond donors (Lipinski definition) is 2. The quantitative estimate of drug-likeness (QED) is 0.815. The van der Waals surface area contributed by atoms with Crippen LogP contribution in [0.2, 0.25) is 0 Å². The zero-order valence-electron chi connectivity index (χ0n) is 13.4. The predicted octanol–water partition coefficient (Wildman–Crippen LogP) is -0.0762. The molecular formula is C15H24N4O3. The second-order valence-corrected chi connectivity index (χ2v) is 6.19. The van der Waals surface area contributed by atoms with Gasteiger partial charge in [-0.2, -0.15) is 0 Å². The molecule has 0 bridgehead atoms. The van der Waals surface area contributed by atoms with Gasteiger partial charge in [0.15, 0.2) is 0 Å². The molecule has 22 heavy (non-hydrogen) atoms. The van der Waals surface area contributed by atoms with Gasteiger partial charge in [-0.15, -0.1) is 0 Å². The minimum atomic E-state index is -0.653. The molecule has 2 N–H and O–H groups in total. The maximum absolute atomic E-state index is 12.1. The van der Waals surface area contributed by atoms with Crippen molar-refractivity contribution < 1.29 is 4.79 Å². The topological polar surface area (TPSA) is 87.2 Å². The molecule has 1 amide bonds. The second-order valence-electron chi connectivity index (χ2n) is 6.19. The summed E-state index contributed by atoms with van der Waals surface area (Å²) >= 11 is 0. The third-order valence-electron chi connectivity index (χ3n) is 4.35. The Morgan fingerprint density at radius 3 is 2.68 bits per heavy atom. The molecular weight excluding hydrogens is 284 g/mol. The van der Waals surface area contributed by atoms with Crippen LogP contribution in [0, 0.1) is 5.92 Å². The number of rotatable bonds is 4. The fraction of sp³-hybridized carbons (Fsp3) is 0.667. The number of aromatic amines is 1. The van der Waals surface area contributed by atoms with E-state index in [1.54, 1.807) is 0 Å². The van der Waals surface area contributed by atoms with E-state index in [9.17, 15) is 14.4 Å². The third kappa shape index (κ3) is 3.85. The van der Waals surface area contributed by atoms with Crippen LogP contribution < -0.4 is 16.6 Å². The molecule has 122 valence electrons. The van der Waals surface area contributed by atoms with E-state index in [2.05, 4.69) is 29.0 Å². The highest BCUT2D eigenvalue weighted by atomic mass is 16.2. The number of carbonyl (C=O) groups is 1. The first-order valence-corrected chi connectivity index (χ1v) is 7.70. The van der Waals surface area contributed by atoms with Crippen LogP contribution in [-0.2, 0) is 7.05 Å². The summed E-state index contributed by atoms with van der Waals surface area (Å²) < 4.78 is 1.19. The summed E-state index contributed by atoms with van der Waals surface area (Å²) in [7, 11) is 1.49. The van der Waals surface area contributed by atoms with Crippen molar-refractivity contribution in [3.63, 3.8) is 0 Å². The average Bonchev–Trinajstić information content (AvgIpc) is 2.49. The highest BCUT2D eigenvalue weighted by Gasteiger charge is 2.21. The summed E-state index contributed by atoms with van der Waals surface area (Å²) in [6, 6.07) is 0.225. The Hall–Kier alpha value is -1.89. The molecule has 1 aromatic rings. The normalized spacial score (nSPS) is 18.1. The van der Waals surface area contributed by atoms with Gasteiger partial charge in [-0.25, -0.2) is 4.79 Å². The number of likely N-dealkylation sites (tertiary alicyclic amines) is 1. The maximum Gasteiger partial charge on any atom is 0.328 e. The van der Waals surface area contributed by atoms with E-state index in [1.165, 1.54) is 30.7 Å². The van der Waals surface area contributed by atoms with E-state index < -0.39 is 17.2 Å². The summed E-state index contributed by atoms with van der Waals surface area (Å²) in [6.07, 6.45) is 3.63. The van der Waals surface area contributed by atoms with Crippen molar-refractivity contribution in [2.75, 3.05) is 19.6 Å². The van der Waals surface area contributed by atoms with Crippen molar-refractivity contribution in [1.82, 2.24) is 19.8 Å². The standard InChI is InChI=1S/C15H24N4O3/c1-10-4-6-19(7-5-10)11(2)8-16-13(20)12-9-18(3)15(22)17-14(12)21/h9-11H,4-8H2,1-3H3,(H,16,20)(H,17,21,22). The molecule has 2 heterocycles. The summed E-state index contributed by atoms with van der Waals surface area (Å²) in [6.45, 7) is 6.89. The molecule has 0 spiro atoms. The Morgan fingerprint density at radius 1 is 1.41 bits per heavy atom. The Morgan fingerprint density at radius 2 is 2.05 bits per heavy atom. The molecule has 1 aliphatic heterocycles. The largest absolute Gasteiger partial charge is 0.350 e. The Labute approximate surface area is 129 Å². The second kappa shape index (κ2) is 6.91. The van der Waals surface area contributed by atoms with Crippen LogP contribution in [-0.4, -0.2) is 46.0 Å². The number of hydrogen-bond acceptors (Lipinski definition) is 4. The number of piperidine rings is 1. The van der Waals surface area contributed by atoms with Crippen LogP contribution in [0.5, 0.6) is 0 Å². The molecule has 0 aromatic carbocycles. The van der Waals surface area contributed by atoms with Gasteiger partial charge < -0.3 is 9.88 Å². The molecule has 1 atom stereocenters. The summed E-state index contributed by atoms with van der Waals surface area (Å²) in [5, 5.41) is 2.78. The number of carbonyl (C=O) groups excluding carboxylic acids is 1. The van der Waals surface area contributed by atoms with E-state index in [0.29, 0.717) is 6.54 Å². The lowest BCUT2D eigenvalue weighted by molar-refractivity contribution is 0.0919. The monoisotopic (exact) mass is 308 g/mol. The lowest BCUT2D eigenvalue weighted by Gasteiger charge is -2.34. The first-order valence-electron chi connectivity index (χ1n) is 7.70. The zero-order chi connectivity index (χ0) is 16.3. The molecule has 1 aliphatic rings. The predicted molar refractivity (Wildman–Crippen MR) is 84.1 cm³/mol. The van der Waals surface area contributed by atoms with Crippen molar-refractivity contribution >= 4 is 5.91 Å². The minimum Gasteiger partial charge on any atom is -0.350 e. The summed E-state index contributed by atoms with van der Waals surface area (Å²) in [5.74, 6) is 0.316.